The molecule has 0 spiro atoms. The minimum Gasteiger partial charge on any atom is -0.493 e. The number of aliphatic hydroxyl groups is 1. The van der Waals surface area contributed by atoms with Gasteiger partial charge in [0.05, 0.1) is 18.8 Å². The molecule has 0 unspecified atom stereocenters. The zero-order chi connectivity index (χ0) is 27.3. The highest BCUT2D eigenvalue weighted by molar-refractivity contribution is 5.88. The van der Waals surface area contributed by atoms with Crippen LogP contribution in [0.25, 0.3) is 0 Å². The van der Waals surface area contributed by atoms with Crippen molar-refractivity contribution in [2.24, 2.45) is 0 Å². The standard InChI is InChI=1S/C30H38FN3O4/c1-3-9-26-30(37)34-27(28(35)20-32-19-22-11-8-10-21(4-2)14-22)17-23-15-24(31)18-25(16-23)38-13-7-5-6-12-29(36)33-26/h1,8,10-11,14-16,18,26-28,32,35H,4-7,9,12-13,17,19-20H2,2H3,(H,33,36)(H,34,37)/t26-,27-,28+/m0/s1. The molecule has 2 aromatic rings. The largest absolute Gasteiger partial charge is 0.493 e. The van der Waals surface area contributed by atoms with Crippen LogP contribution in [0, 0.1) is 18.2 Å². The van der Waals surface area contributed by atoms with Crippen LogP contribution in [0.1, 0.15) is 55.7 Å². The Morgan fingerprint density at radius 2 is 1.97 bits per heavy atom. The fourth-order valence-electron chi connectivity index (χ4n) is 4.46. The molecule has 0 aromatic heterocycles. The van der Waals surface area contributed by atoms with Gasteiger partial charge in [-0.1, -0.05) is 31.2 Å². The minimum atomic E-state index is -0.998. The molecule has 3 atom stereocenters. The molecule has 7 nitrogen and oxygen atoms in total. The van der Waals surface area contributed by atoms with Gasteiger partial charge < -0.3 is 25.8 Å². The van der Waals surface area contributed by atoms with Crippen LogP contribution in [0.15, 0.2) is 42.5 Å². The fraction of sp³-hybridized carbons (Fsp3) is 0.467. The molecule has 0 saturated carbocycles. The third-order valence-electron chi connectivity index (χ3n) is 6.55. The van der Waals surface area contributed by atoms with E-state index in [2.05, 4.69) is 40.9 Å². The molecule has 4 N–H and O–H groups in total. The summed E-state index contributed by atoms with van der Waals surface area (Å²) in [5.41, 5.74) is 2.88. The molecule has 1 heterocycles. The van der Waals surface area contributed by atoms with Gasteiger partial charge in [0.25, 0.3) is 0 Å². The van der Waals surface area contributed by atoms with Gasteiger partial charge in [0, 0.05) is 32.0 Å². The predicted molar refractivity (Wildman–Crippen MR) is 145 cm³/mol. The topological polar surface area (TPSA) is 99.7 Å². The average Bonchev–Trinajstić information content (AvgIpc) is 2.89. The molecule has 2 amide bonds. The number of nitrogens with one attached hydrogen (secondary N) is 3. The zero-order valence-electron chi connectivity index (χ0n) is 22.0. The normalized spacial score (nSPS) is 19.9. The molecule has 204 valence electrons. The van der Waals surface area contributed by atoms with Crippen molar-refractivity contribution in [3.05, 3.63) is 65.0 Å². The lowest BCUT2D eigenvalue weighted by Crippen LogP contribution is -2.54. The number of benzene rings is 2. The second-order valence-corrected chi connectivity index (χ2v) is 9.67. The zero-order valence-corrected chi connectivity index (χ0v) is 22.0. The van der Waals surface area contributed by atoms with Crippen molar-refractivity contribution in [3.63, 3.8) is 0 Å². The molecule has 0 saturated heterocycles. The lowest BCUT2D eigenvalue weighted by atomic mass is 9.99. The van der Waals surface area contributed by atoms with Crippen molar-refractivity contribution in [1.29, 1.82) is 0 Å². The first-order valence-corrected chi connectivity index (χ1v) is 13.3. The summed E-state index contributed by atoms with van der Waals surface area (Å²) in [6, 6.07) is 10.9. The molecule has 8 heteroatoms. The van der Waals surface area contributed by atoms with E-state index in [1.165, 1.54) is 17.7 Å². The number of halogens is 1. The molecule has 0 aliphatic carbocycles. The van der Waals surface area contributed by atoms with Gasteiger partial charge in [-0.2, -0.15) is 0 Å². The van der Waals surface area contributed by atoms with E-state index in [4.69, 9.17) is 11.2 Å². The Bertz CT molecular complexity index is 1120. The number of ether oxygens (including phenoxy) is 1. The maximum Gasteiger partial charge on any atom is 0.243 e. The fourth-order valence-corrected chi connectivity index (χ4v) is 4.46. The summed E-state index contributed by atoms with van der Waals surface area (Å²) in [4.78, 5) is 25.6. The third-order valence-corrected chi connectivity index (χ3v) is 6.55. The Kier molecular flexibility index (Phi) is 11.6. The first-order valence-electron chi connectivity index (χ1n) is 13.3. The highest BCUT2D eigenvalue weighted by atomic mass is 19.1. The van der Waals surface area contributed by atoms with Crippen molar-refractivity contribution in [1.82, 2.24) is 16.0 Å². The van der Waals surface area contributed by atoms with Gasteiger partial charge in [-0.15, -0.1) is 12.3 Å². The number of aliphatic hydroxyl groups excluding tert-OH is 1. The summed E-state index contributed by atoms with van der Waals surface area (Å²) in [6.45, 7) is 3.22. The maximum atomic E-state index is 14.4. The highest BCUT2D eigenvalue weighted by Crippen LogP contribution is 2.19. The van der Waals surface area contributed by atoms with E-state index in [0.717, 1.165) is 18.4 Å². The molecule has 0 radical (unpaired) electrons. The van der Waals surface area contributed by atoms with Crippen LogP contribution >= 0.6 is 0 Å². The van der Waals surface area contributed by atoms with Gasteiger partial charge in [-0.3, -0.25) is 9.59 Å². The smallest absolute Gasteiger partial charge is 0.243 e. The molecule has 0 fully saturated rings. The van der Waals surface area contributed by atoms with E-state index in [1.54, 1.807) is 6.07 Å². The summed E-state index contributed by atoms with van der Waals surface area (Å²) in [5.74, 6) is 1.64. The van der Waals surface area contributed by atoms with E-state index in [-0.39, 0.29) is 31.7 Å². The number of carbonyl (C=O) groups excluding carboxylic acids is 2. The van der Waals surface area contributed by atoms with Gasteiger partial charge in [0.2, 0.25) is 11.8 Å². The molecule has 1 aliphatic rings. The van der Waals surface area contributed by atoms with E-state index in [9.17, 15) is 19.1 Å². The second kappa shape index (κ2) is 15.1. The predicted octanol–water partition coefficient (Wildman–Crippen LogP) is 3.03. The van der Waals surface area contributed by atoms with Crippen molar-refractivity contribution < 1.29 is 23.8 Å². The van der Waals surface area contributed by atoms with Crippen LogP contribution < -0.4 is 20.7 Å². The first kappa shape index (κ1) is 29.2. The van der Waals surface area contributed by atoms with Gasteiger partial charge in [-0.05, 0) is 60.9 Å². The average molecular weight is 524 g/mol. The Morgan fingerprint density at radius 1 is 1.16 bits per heavy atom. The summed E-state index contributed by atoms with van der Waals surface area (Å²) in [6.07, 6.45) is 7.92. The van der Waals surface area contributed by atoms with Crippen LogP contribution in [-0.2, 0) is 29.0 Å². The number of carbonyl (C=O) groups is 2. The molecule has 2 bridgehead atoms. The molecule has 2 aromatic carbocycles. The Morgan fingerprint density at radius 3 is 2.76 bits per heavy atom. The molecule has 38 heavy (non-hydrogen) atoms. The summed E-state index contributed by atoms with van der Waals surface area (Å²) >= 11 is 0. The van der Waals surface area contributed by atoms with Crippen LogP contribution in [0.5, 0.6) is 5.75 Å². The number of terminal acetylenes is 1. The number of amides is 2. The monoisotopic (exact) mass is 523 g/mol. The number of aryl methyl sites for hydroxylation is 1. The van der Waals surface area contributed by atoms with Crippen molar-refractivity contribution in [2.75, 3.05) is 13.2 Å². The van der Waals surface area contributed by atoms with Gasteiger partial charge >= 0.3 is 0 Å². The van der Waals surface area contributed by atoms with E-state index in [1.807, 2.05) is 12.1 Å². The summed E-state index contributed by atoms with van der Waals surface area (Å²) in [5, 5.41) is 19.9. The second-order valence-electron chi connectivity index (χ2n) is 9.67. The van der Waals surface area contributed by atoms with E-state index in [0.29, 0.717) is 37.3 Å². The van der Waals surface area contributed by atoms with Crippen molar-refractivity contribution in [2.45, 2.75) is 76.6 Å². The molecule has 1 aliphatic heterocycles. The Labute approximate surface area is 224 Å². The molecule has 3 rings (SSSR count). The lowest BCUT2D eigenvalue weighted by Gasteiger charge is -2.27. The van der Waals surface area contributed by atoms with Gasteiger partial charge in [-0.25, -0.2) is 4.39 Å². The summed E-state index contributed by atoms with van der Waals surface area (Å²) in [7, 11) is 0. The Balaban J connectivity index is 1.78. The quantitative estimate of drug-likeness (QED) is 0.418. The van der Waals surface area contributed by atoms with Gasteiger partial charge in [0.15, 0.2) is 0 Å². The Hall–Kier alpha value is -3.41. The van der Waals surface area contributed by atoms with Crippen LogP contribution in [0.2, 0.25) is 0 Å². The lowest BCUT2D eigenvalue weighted by molar-refractivity contribution is -0.129. The van der Waals surface area contributed by atoms with E-state index < -0.39 is 29.9 Å². The highest BCUT2D eigenvalue weighted by Gasteiger charge is 2.27. The minimum absolute atomic E-state index is 0.0182. The maximum absolute atomic E-state index is 14.4. The first-order chi connectivity index (χ1) is 18.4. The number of fused-ring (bicyclic) bond motifs is 2. The van der Waals surface area contributed by atoms with E-state index >= 15 is 0 Å². The van der Waals surface area contributed by atoms with Crippen LogP contribution in [0.3, 0.4) is 0 Å². The number of hydrogen-bond donors (Lipinski definition) is 4. The third kappa shape index (κ3) is 9.47. The number of hydrogen-bond acceptors (Lipinski definition) is 5. The van der Waals surface area contributed by atoms with Crippen LogP contribution in [0.4, 0.5) is 4.39 Å². The molecular formula is C30H38FN3O4. The van der Waals surface area contributed by atoms with Crippen LogP contribution in [-0.4, -0.2) is 48.3 Å². The summed E-state index contributed by atoms with van der Waals surface area (Å²) < 4.78 is 20.1. The van der Waals surface area contributed by atoms with Crippen molar-refractivity contribution in [3.8, 4) is 18.1 Å². The van der Waals surface area contributed by atoms with Gasteiger partial charge in [0.1, 0.15) is 17.6 Å². The molecular weight excluding hydrogens is 485 g/mol. The van der Waals surface area contributed by atoms with Crippen molar-refractivity contribution >= 4 is 11.8 Å². The number of rotatable bonds is 7. The SMILES string of the molecule is C#CC[C@@H]1NC(=O)CCCCCOc2cc(F)cc(c2)C[C@@H]([C@H](O)CNCc2cccc(CC)c2)NC1=O.